The first-order valence-electron chi connectivity index (χ1n) is 9.28. The maximum atomic E-state index is 12.8. The number of ether oxygens (including phenoxy) is 1. The van der Waals surface area contributed by atoms with Crippen molar-refractivity contribution in [1.82, 2.24) is 9.47 Å². The van der Waals surface area contributed by atoms with E-state index < -0.39 is 23.8 Å². The molecule has 1 fully saturated rings. The predicted octanol–water partition coefficient (Wildman–Crippen LogP) is 0.803. The van der Waals surface area contributed by atoms with Gasteiger partial charge < -0.3 is 19.1 Å². The van der Waals surface area contributed by atoms with Crippen LogP contribution in [0.4, 0.5) is 13.2 Å². The smallest absolute Gasteiger partial charge is 0.417 e. The summed E-state index contributed by atoms with van der Waals surface area (Å²) in [4.78, 5) is 27.2. The van der Waals surface area contributed by atoms with Crippen LogP contribution in [0.2, 0.25) is 0 Å². The molecular formula is C20H23F3N3O3+. The Balaban J connectivity index is 1.55. The van der Waals surface area contributed by atoms with Crippen molar-refractivity contribution in [3.63, 3.8) is 0 Å². The zero-order chi connectivity index (χ0) is 21.0. The molecule has 1 N–H and O–H groups in total. The molecular weight excluding hydrogens is 387 g/mol. The van der Waals surface area contributed by atoms with E-state index in [2.05, 4.69) is 0 Å². The largest absolute Gasteiger partial charge is 0.497 e. The highest BCUT2D eigenvalue weighted by molar-refractivity contribution is 5.76. The first-order valence-corrected chi connectivity index (χ1v) is 9.28. The summed E-state index contributed by atoms with van der Waals surface area (Å²) >= 11 is 0. The second-order valence-corrected chi connectivity index (χ2v) is 7.04. The second-order valence-electron chi connectivity index (χ2n) is 7.04. The molecule has 2 heterocycles. The molecule has 1 aliphatic heterocycles. The molecule has 1 aromatic carbocycles. The summed E-state index contributed by atoms with van der Waals surface area (Å²) in [5, 5.41) is 0. The van der Waals surface area contributed by atoms with Gasteiger partial charge in [-0.2, -0.15) is 13.2 Å². The minimum Gasteiger partial charge on any atom is -0.497 e. The maximum absolute atomic E-state index is 12.8. The topological polar surface area (TPSA) is 56.0 Å². The Labute approximate surface area is 166 Å². The molecule has 9 heteroatoms. The maximum Gasteiger partial charge on any atom is 0.417 e. The number of aromatic nitrogens is 1. The highest BCUT2D eigenvalue weighted by Gasteiger charge is 2.31. The number of benzene rings is 1. The second kappa shape index (κ2) is 8.69. The van der Waals surface area contributed by atoms with Gasteiger partial charge >= 0.3 is 6.18 Å². The van der Waals surface area contributed by atoms with Gasteiger partial charge in [-0.1, -0.05) is 0 Å². The van der Waals surface area contributed by atoms with Gasteiger partial charge in [0.05, 0.1) is 38.9 Å². The van der Waals surface area contributed by atoms with Gasteiger partial charge in [0.2, 0.25) is 5.91 Å². The molecule has 0 unspecified atom stereocenters. The van der Waals surface area contributed by atoms with Gasteiger partial charge in [0.1, 0.15) is 18.8 Å². The molecule has 6 nitrogen and oxygen atoms in total. The van der Waals surface area contributed by atoms with Crippen molar-refractivity contribution < 1.29 is 27.6 Å². The molecule has 156 valence electrons. The van der Waals surface area contributed by atoms with Crippen molar-refractivity contribution in [2.24, 2.45) is 0 Å². The van der Waals surface area contributed by atoms with Crippen LogP contribution >= 0.6 is 0 Å². The lowest BCUT2D eigenvalue weighted by atomic mass is 10.2. The molecule has 1 aromatic heterocycles. The number of hydrogen-bond acceptors (Lipinski definition) is 3. The molecule has 1 saturated heterocycles. The van der Waals surface area contributed by atoms with E-state index in [4.69, 9.17) is 4.74 Å². The summed E-state index contributed by atoms with van der Waals surface area (Å²) in [6.45, 7) is 2.89. The summed E-state index contributed by atoms with van der Waals surface area (Å²) in [7, 11) is 1.62. The third-order valence-corrected chi connectivity index (χ3v) is 5.05. The quantitative estimate of drug-likeness (QED) is 0.794. The van der Waals surface area contributed by atoms with Crippen molar-refractivity contribution in [2.75, 3.05) is 33.3 Å². The molecule has 0 aliphatic carbocycles. The third-order valence-electron chi connectivity index (χ3n) is 5.05. The third kappa shape index (κ3) is 5.38. The Morgan fingerprint density at radius 3 is 2.34 bits per heavy atom. The van der Waals surface area contributed by atoms with Crippen molar-refractivity contribution in [2.45, 2.75) is 19.3 Å². The van der Waals surface area contributed by atoms with Gasteiger partial charge in [0.15, 0.2) is 0 Å². The average molecular weight is 410 g/mol. The van der Waals surface area contributed by atoms with E-state index in [-0.39, 0.29) is 5.91 Å². The van der Waals surface area contributed by atoms with Crippen LogP contribution in [0.3, 0.4) is 0 Å². The molecule has 0 bridgehead atoms. The lowest BCUT2D eigenvalue weighted by Crippen LogP contribution is -3.13. The number of carbonyl (C=O) groups is 1. The number of nitrogens with one attached hydrogen (secondary N) is 1. The number of piperazine rings is 1. The molecule has 1 aliphatic rings. The number of amides is 1. The van der Waals surface area contributed by atoms with E-state index in [1.165, 1.54) is 4.90 Å². The lowest BCUT2D eigenvalue weighted by molar-refractivity contribution is -0.917. The number of hydrogen-bond donors (Lipinski definition) is 1. The normalized spacial score (nSPS) is 15.4. The van der Waals surface area contributed by atoms with Crippen LogP contribution in [0.1, 0.15) is 11.1 Å². The number of pyridine rings is 1. The number of halogens is 3. The molecule has 0 spiro atoms. The minimum absolute atomic E-state index is 0.352. The van der Waals surface area contributed by atoms with Crippen LogP contribution in [0.25, 0.3) is 0 Å². The number of nitrogens with zero attached hydrogens (tertiary/aromatic N) is 2. The first kappa shape index (κ1) is 20.9. The predicted molar refractivity (Wildman–Crippen MR) is 99.7 cm³/mol. The van der Waals surface area contributed by atoms with Crippen LogP contribution in [0, 0.1) is 0 Å². The van der Waals surface area contributed by atoms with Gasteiger partial charge in [-0.15, -0.1) is 0 Å². The number of quaternary nitrogens is 1. The number of methoxy groups -OCH3 is 1. The van der Waals surface area contributed by atoms with E-state index >= 15 is 0 Å². The minimum atomic E-state index is -4.56. The molecule has 3 rings (SSSR count). The molecule has 1 amide bonds. The van der Waals surface area contributed by atoms with Crippen LogP contribution < -0.4 is 15.2 Å². The Kier molecular flexibility index (Phi) is 6.26. The van der Waals surface area contributed by atoms with E-state index in [9.17, 15) is 22.8 Å². The van der Waals surface area contributed by atoms with Crippen molar-refractivity contribution in [3.05, 3.63) is 64.1 Å². The fourth-order valence-electron chi connectivity index (χ4n) is 3.35. The average Bonchev–Trinajstić information content (AvgIpc) is 2.70. The van der Waals surface area contributed by atoms with Crippen LogP contribution in [-0.4, -0.2) is 48.7 Å². The first-order chi connectivity index (χ1) is 13.8. The van der Waals surface area contributed by atoms with E-state index in [1.807, 2.05) is 24.3 Å². The molecule has 2 aromatic rings. The Morgan fingerprint density at radius 2 is 1.76 bits per heavy atom. The Hall–Kier alpha value is -2.81. The van der Waals surface area contributed by atoms with Gasteiger partial charge in [0.25, 0.3) is 5.56 Å². The standard InChI is InChI=1S/C20H22F3N3O3/c1-29-17-5-2-15(3-6-17)12-24-8-10-25(11-9-24)19(28)14-26-13-16(20(21,22)23)4-7-18(26)27/h2-7,13H,8-12,14H2,1H3/p+1. The van der Waals surface area contributed by atoms with E-state index in [1.54, 1.807) is 12.0 Å². The summed E-state index contributed by atoms with van der Waals surface area (Å²) in [6, 6.07) is 9.38. The Morgan fingerprint density at radius 1 is 1.10 bits per heavy atom. The van der Waals surface area contributed by atoms with Gasteiger partial charge in [0, 0.05) is 17.8 Å². The molecule has 0 radical (unpaired) electrons. The molecule has 29 heavy (non-hydrogen) atoms. The SMILES string of the molecule is COc1ccc(C[NH+]2CCN(C(=O)Cn3cc(C(F)(F)F)ccc3=O)CC2)cc1. The zero-order valence-electron chi connectivity index (χ0n) is 16.0. The van der Waals surface area contributed by atoms with E-state index in [0.717, 1.165) is 47.6 Å². The van der Waals surface area contributed by atoms with Crippen molar-refractivity contribution in [1.29, 1.82) is 0 Å². The number of alkyl halides is 3. The van der Waals surface area contributed by atoms with Crippen molar-refractivity contribution in [3.8, 4) is 5.75 Å². The number of carbonyl (C=O) groups excluding carboxylic acids is 1. The van der Waals surface area contributed by atoms with Gasteiger partial charge in [-0.25, -0.2) is 0 Å². The van der Waals surface area contributed by atoms with E-state index in [0.29, 0.717) is 19.3 Å². The number of rotatable bonds is 5. The highest BCUT2D eigenvalue weighted by Crippen LogP contribution is 2.28. The fourth-order valence-corrected chi connectivity index (χ4v) is 3.35. The van der Waals surface area contributed by atoms with Crippen molar-refractivity contribution >= 4 is 5.91 Å². The summed E-state index contributed by atoms with van der Waals surface area (Å²) < 4.78 is 44.5. The Bertz CT molecular complexity index is 902. The summed E-state index contributed by atoms with van der Waals surface area (Å²) in [5.41, 5.74) is -0.412. The monoisotopic (exact) mass is 410 g/mol. The van der Waals surface area contributed by atoms with Crippen LogP contribution in [0.15, 0.2) is 47.4 Å². The van der Waals surface area contributed by atoms with Gasteiger partial charge in [-0.3, -0.25) is 9.59 Å². The molecule has 0 saturated carbocycles. The van der Waals surface area contributed by atoms with Crippen LogP contribution in [-0.2, 0) is 24.1 Å². The summed E-state index contributed by atoms with van der Waals surface area (Å²) in [5.74, 6) is 0.443. The zero-order valence-corrected chi connectivity index (χ0v) is 16.0. The van der Waals surface area contributed by atoms with Crippen LogP contribution in [0.5, 0.6) is 5.75 Å². The lowest BCUT2D eigenvalue weighted by Gasteiger charge is -2.32. The van der Waals surface area contributed by atoms with Gasteiger partial charge in [-0.05, 0) is 30.3 Å². The molecule has 0 atom stereocenters. The fraction of sp³-hybridized carbons (Fsp3) is 0.400. The highest BCUT2D eigenvalue weighted by atomic mass is 19.4. The summed E-state index contributed by atoms with van der Waals surface area (Å²) in [6.07, 6.45) is -3.86.